The van der Waals surface area contributed by atoms with Crippen LogP contribution in [0.1, 0.15) is 6.92 Å². The van der Waals surface area contributed by atoms with Gasteiger partial charge in [-0.25, -0.2) is 0 Å². The topological polar surface area (TPSA) is 38.3 Å². The van der Waals surface area contributed by atoms with Crippen LogP contribution in [0.25, 0.3) is 0 Å². The van der Waals surface area contributed by atoms with Gasteiger partial charge in [-0.15, -0.1) is 11.8 Å². The number of para-hydroxylation sites is 1. The number of rotatable bonds is 6. The first-order valence-electron chi connectivity index (χ1n) is 6.63. The fourth-order valence-corrected chi connectivity index (χ4v) is 3.00. The Morgan fingerprint density at radius 1 is 1.14 bits per heavy atom. The lowest BCUT2D eigenvalue weighted by Crippen LogP contribution is -2.05. The average molecular weight is 356 g/mol. The van der Waals surface area contributed by atoms with Crippen molar-refractivity contribution in [2.45, 2.75) is 11.8 Å². The third-order valence-corrected chi connectivity index (χ3v) is 4.26. The van der Waals surface area contributed by atoms with Crippen molar-refractivity contribution >= 4 is 46.6 Å². The zero-order valence-electron chi connectivity index (χ0n) is 11.9. The van der Waals surface area contributed by atoms with Crippen molar-refractivity contribution in [2.24, 2.45) is 0 Å². The number of carbonyl (C=O) groups excluding carboxylic acids is 1. The van der Waals surface area contributed by atoms with Crippen LogP contribution in [0.2, 0.25) is 10.0 Å². The van der Waals surface area contributed by atoms with Crippen LogP contribution in [-0.2, 0) is 4.79 Å². The van der Waals surface area contributed by atoms with Gasteiger partial charge in [0, 0.05) is 23.3 Å². The predicted molar refractivity (Wildman–Crippen MR) is 93.4 cm³/mol. The van der Waals surface area contributed by atoms with Crippen LogP contribution in [-0.4, -0.2) is 18.3 Å². The van der Waals surface area contributed by atoms with Gasteiger partial charge in [-0.3, -0.25) is 4.79 Å². The number of ether oxygens (including phenoxy) is 1. The zero-order chi connectivity index (χ0) is 15.9. The molecule has 0 aliphatic rings. The lowest BCUT2D eigenvalue weighted by Gasteiger charge is -2.09. The third-order valence-electron chi connectivity index (χ3n) is 2.69. The third kappa shape index (κ3) is 5.13. The fourth-order valence-electron chi connectivity index (χ4n) is 1.76. The molecule has 22 heavy (non-hydrogen) atoms. The van der Waals surface area contributed by atoms with Crippen LogP contribution in [0.15, 0.2) is 47.4 Å². The van der Waals surface area contributed by atoms with Gasteiger partial charge >= 0.3 is 0 Å². The molecule has 0 fully saturated rings. The van der Waals surface area contributed by atoms with E-state index in [4.69, 9.17) is 27.9 Å². The molecule has 0 saturated carbocycles. The molecular formula is C16H15Cl2NO2S. The highest BCUT2D eigenvalue weighted by atomic mass is 35.5. The Morgan fingerprint density at radius 2 is 1.77 bits per heavy atom. The minimum absolute atomic E-state index is 0.0783. The first-order valence-corrected chi connectivity index (χ1v) is 8.37. The Bertz CT molecular complexity index is 627. The molecule has 116 valence electrons. The van der Waals surface area contributed by atoms with Crippen LogP contribution in [0, 0.1) is 0 Å². The van der Waals surface area contributed by atoms with Gasteiger partial charge in [0.1, 0.15) is 0 Å². The molecule has 6 heteroatoms. The summed E-state index contributed by atoms with van der Waals surface area (Å²) >= 11 is 13.7. The van der Waals surface area contributed by atoms with Gasteiger partial charge in [0.25, 0.3) is 0 Å². The number of amides is 1. The summed E-state index contributed by atoms with van der Waals surface area (Å²) in [6, 6.07) is 12.9. The first-order chi connectivity index (χ1) is 10.6. The van der Waals surface area contributed by atoms with Crippen LogP contribution in [0.5, 0.6) is 5.75 Å². The van der Waals surface area contributed by atoms with E-state index in [0.717, 1.165) is 16.3 Å². The summed E-state index contributed by atoms with van der Waals surface area (Å²) in [4.78, 5) is 12.0. The Balaban J connectivity index is 1.80. The SMILES string of the molecule is CC(=O)Nc1ccc(SCCOc2c(Cl)cccc2Cl)cc1. The zero-order valence-corrected chi connectivity index (χ0v) is 14.3. The maximum Gasteiger partial charge on any atom is 0.221 e. The van der Waals surface area contributed by atoms with Gasteiger partial charge in [-0.05, 0) is 36.4 Å². The number of nitrogens with one attached hydrogen (secondary N) is 1. The van der Waals surface area contributed by atoms with Gasteiger partial charge in [-0.2, -0.15) is 0 Å². The van der Waals surface area contributed by atoms with E-state index in [1.54, 1.807) is 30.0 Å². The van der Waals surface area contributed by atoms with Gasteiger partial charge in [0.2, 0.25) is 5.91 Å². The van der Waals surface area contributed by atoms with E-state index in [0.29, 0.717) is 22.4 Å². The molecule has 0 aliphatic carbocycles. The van der Waals surface area contributed by atoms with E-state index in [2.05, 4.69) is 5.32 Å². The maximum absolute atomic E-state index is 10.9. The van der Waals surface area contributed by atoms with Crippen molar-refractivity contribution < 1.29 is 9.53 Å². The average Bonchev–Trinajstić information content (AvgIpc) is 2.47. The largest absolute Gasteiger partial charge is 0.490 e. The molecule has 3 nitrogen and oxygen atoms in total. The molecular weight excluding hydrogens is 341 g/mol. The van der Waals surface area contributed by atoms with Gasteiger partial charge in [0.05, 0.1) is 16.7 Å². The summed E-state index contributed by atoms with van der Waals surface area (Å²) in [5.41, 5.74) is 0.788. The van der Waals surface area contributed by atoms with Crippen molar-refractivity contribution in [1.82, 2.24) is 0 Å². The highest BCUT2D eigenvalue weighted by molar-refractivity contribution is 7.99. The van der Waals surface area contributed by atoms with Crippen LogP contribution in [0.3, 0.4) is 0 Å². The Labute approximate surface area is 144 Å². The van der Waals surface area contributed by atoms with Crippen LogP contribution in [0.4, 0.5) is 5.69 Å². The van der Waals surface area contributed by atoms with E-state index in [1.165, 1.54) is 6.92 Å². The van der Waals surface area contributed by atoms with Crippen molar-refractivity contribution in [2.75, 3.05) is 17.7 Å². The summed E-state index contributed by atoms with van der Waals surface area (Å²) in [6.45, 7) is 1.99. The second kappa shape index (κ2) is 8.32. The molecule has 2 aromatic rings. The van der Waals surface area contributed by atoms with Gasteiger partial charge in [0.15, 0.2) is 5.75 Å². The van der Waals surface area contributed by atoms with Crippen molar-refractivity contribution in [3.8, 4) is 5.75 Å². The summed E-state index contributed by atoms with van der Waals surface area (Å²) in [6.07, 6.45) is 0. The number of hydrogen-bond donors (Lipinski definition) is 1. The van der Waals surface area contributed by atoms with Crippen molar-refractivity contribution in [3.63, 3.8) is 0 Å². The molecule has 0 saturated heterocycles. The second-order valence-electron chi connectivity index (χ2n) is 4.45. The number of thioether (sulfide) groups is 1. The molecule has 0 atom stereocenters. The molecule has 0 unspecified atom stereocenters. The summed E-state index contributed by atoms with van der Waals surface area (Å²) < 4.78 is 5.62. The smallest absolute Gasteiger partial charge is 0.221 e. The van der Waals surface area contributed by atoms with Crippen molar-refractivity contribution in [3.05, 3.63) is 52.5 Å². The number of anilines is 1. The van der Waals surface area contributed by atoms with E-state index >= 15 is 0 Å². The standard InChI is InChI=1S/C16H15Cl2NO2S/c1-11(20)19-12-5-7-13(8-6-12)22-10-9-21-16-14(17)3-2-4-15(16)18/h2-8H,9-10H2,1H3,(H,19,20). The minimum atomic E-state index is -0.0783. The van der Waals surface area contributed by atoms with Crippen LogP contribution < -0.4 is 10.1 Å². The van der Waals surface area contributed by atoms with E-state index < -0.39 is 0 Å². The van der Waals surface area contributed by atoms with Crippen molar-refractivity contribution in [1.29, 1.82) is 0 Å². The second-order valence-corrected chi connectivity index (χ2v) is 6.44. The number of halogens is 2. The highest BCUT2D eigenvalue weighted by Gasteiger charge is 2.06. The van der Waals surface area contributed by atoms with Gasteiger partial charge < -0.3 is 10.1 Å². The molecule has 0 spiro atoms. The number of hydrogen-bond acceptors (Lipinski definition) is 3. The Kier molecular flexibility index (Phi) is 6.43. The molecule has 1 amide bonds. The van der Waals surface area contributed by atoms with E-state index in [9.17, 15) is 4.79 Å². The molecule has 0 bridgehead atoms. The van der Waals surface area contributed by atoms with Crippen LogP contribution >= 0.6 is 35.0 Å². The molecule has 0 radical (unpaired) electrons. The Hall–Kier alpha value is -1.36. The maximum atomic E-state index is 10.9. The number of carbonyl (C=O) groups is 1. The fraction of sp³-hybridized carbons (Fsp3) is 0.188. The minimum Gasteiger partial charge on any atom is -0.490 e. The number of benzene rings is 2. The Morgan fingerprint density at radius 3 is 2.36 bits per heavy atom. The summed E-state index contributed by atoms with van der Waals surface area (Å²) in [5, 5.41) is 3.75. The molecule has 1 N–H and O–H groups in total. The normalized spacial score (nSPS) is 10.3. The molecule has 0 heterocycles. The van der Waals surface area contributed by atoms with Gasteiger partial charge in [-0.1, -0.05) is 29.3 Å². The lowest BCUT2D eigenvalue weighted by molar-refractivity contribution is -0.114. The molecule has 0 aromatic heterocycles. The highest BCUT2D eigenvalue weighted by Crippen LogP contribution is 2.32. The summed E-state index contributed by atoms with van der Waals surface area (Å²) in [5.74, 6) is 1.21. The van der Waals surface area contributed by atoms with E-state index in [-0.39, 0.29) is 5.91 Å². The van der Waals surface area contributed by atoms with E-state index in [1.807, 2.05) is 24.3 Å². The summed E-state index contributed by atoms with van der Waals surface area (Å²) in [7, 11) is 0. The first kappa shape index (κ1) is 17.0. The lowest BCUT2D eigenvalue weighted by atomic mass is 10.3. The molecule has 2 aromatic carbocycles. The molecule has 0 aliphatic heterocycles. The monoisotopic (exact) mass is 355 g/mol. The molecule has 2 rings (SSSR count). The predicted octanol–water partition coefficient (Wildman–Crippen LogP) is 5.12. The quantitative estimate of drug-likeness (QED) is 0.576.